The van der Waals surface area contributed by atoms with Gasteiger partial charge in [-0.05, 0) is 43.5 Å². The molecule has 1 aromatic heterocycles. The van der Waals surface area contributed by atoms with Crippen LogP contribution in [0.15, 0.2) is 28.2 Å². The fourth-order valence-corrected chi connectivity index (χ4v) is 3.95. The molecule has 3 rings (SSSR count). The summed E-state index contributed by atoms with van der Waals surface area (Å²) in [6, 6.07) is 5.59. The number of rotatable bonds is 6. The van der Waals surface area contributed by atoms with Gasteiger partial charge in [-0.25, -0.2) is 4.98 Å². The second kappa shape index (κ2) is 8.60. The zero-order chi connectivity index (χ0) is 20.3. The number of nitrogens with zero attached hydrogens (tertiary/aromatic N) is 1. The van der Waals surface area contributed by atoms with Crippen molar-refractivity contribution in [1.29, 1.82) is 0 Å². The van der Waals surface area contributed by atoms with E-state index >= 15 is 0 Å². The highest BCUT2D eigenvalue weighted by atomic mass is 32.2. The summed E-state index contributed by atoms with van der Waals surface area (Å²) in [6.07, 6.45) is 1.95. The van der Waals surface area contributed by atoms with Crippen LogP contribution in [0.2, 0.25) is 0 Å². The number of fused-ring (bicyclic) bond motifs is 1. The molecule has 8 heteroatoms. The maximum absolute atomic E-state index is 12.8. The Labute approximate surface area is 167 Å². The van der Waals surface area contributed by atoms with Crippen molar-refractivity contribution in [2.24, 2.45) is 0 Å². The minimum atomic E-state index is -0.878. The Morgan fingerprint density at radius 1 is 1.29 bits per heavy atom. The third-order valence-corrected chi connectivity index (χ3v) is 5.72. The van der Waals surface area contributed by atoms with Gasteiger partial charge >= 0.3 is 0 Å². The maximum atomic E-state index is 12.8. The summed E-state index contributed by atoms with van der Waals surface area (Å²) in [5.41, 5.74) is 2.63. The first-order chi connectivity index (χ1) is 13.4. The Kier molecular flexibility index (Phi) is 6.18. The zero-order valence-electron chi connectivity index (χ0n) is 16.2. The van der Waals surface area contributed by atoms with Gasteiger partial charge in [0.15, 0.2) is 5.16 Å². The molecular weight excluding hydrogens is 376 g/mol. The van der Waals surface area contributed by atoms with Crippen molar-refractivity contribution < 1.29 is 9.59 Å². The number of nitrogens with one attached hydrogen (secondary N) is 3. The molecule has 1 atom stereocenters. The van der Waals surface area contributed by atoms with Crippen LogP contribution in [0.25, 0.3) is 0 Å². The Morgan fingerprint density at radius 3 is 2.79 bits per heavy atom. The topological polar surface area (TPSA) is 104 Å². The molecule has 28 heavy (non-hydrogen) atoms. The lowest BCUT2D eigenvalue weighted by molar-refractivity contribution is -0.123. The molecule has 0 saturated heterocycles. The average Bonchev–Trinajstić information content (AvgIpc) is 2.64. The Hall–Kier alpha value is -2.61. The van der Waals surface area contributed by atoms with Crippen LogP contribution in [0.4, 0.5) is 11.5 Å². The van der Waals surface area contributed by atoms with E-state index in [0.29, 0.717) is 10.8 Å². The number of aryl methyl sites for hydroxylation is 2. The molecule has 3 N–H and O–H groups in total. The number of carbonyl (C=O) groups is 2. The minimum absolute atomic E-state index is 0.0865. The van der Waals surface area contributed by atoms with Crippen LogP contribution in [0.1, 0.15) is 48.8 Å². The van der Waals surface area contributed by atoms with Crippen LogP contribution >= 0.6 is 11.8 Å². The lowest BCUT2D eigenvalue weighted by Crippen LogP contribution is -2.36. The second-order valence-electron chi connectivity index (χ2n) is 6.93. The van der Waals surface area contributed by atoms with E-state index in [-0.39, 0.29) is 29.3 Å². The van der Waals surface area contributed by atoms with Gasteiger partial charge in [0.25, 0.3) is 5.56 Å². The van der Waals surface area contributed by atoms with Crippen LogP contribution < -0.4 is 16.2 Å². The number of aromatic amines is 1. The summed E-state index contributed by atoms with van der Waals surface area (Å²) >= 11 is 1.43. The van der Waals surface area contributed by atoms with E-state index in [0.717, 1.165) is 29.7 Å². The molecule has 148 valence electrons. The van der Waals surface area contributed by atoms with Crippen molar-refractivity contribution in [3.05, 3.63) is 45.2 Å². The summed E-state index contributed by atoms with van der Waals surface area (Å²) < 4.78 is 0. The summed E-state index contributed by atoms with van der Waals surface area (Å²) in [5.74, 6) is -0.591. The van der Waals surface area contributed by atoms with Crippen LogP contribution in [-0.4, -0.2) is 27.5 Å². The van der Waals surface area contributed by atoms with Gasteiger partial charge in [-0.2, -0.15) is 0 Å². The van der Waals surface area contributed by atoms with E-state index in [1.807, 2.05) is 26.0 Å². The van der Waals surface area contributed by atoms with Crippen molar-refractivity contribution in [3.8, 4) is 0 Å². The minimum Gasteiger partial charge on any atom is -0.326 e. The molecule has 0 aliphatic carbocycles. The summed E-state index contributed by atoms with van der Waals surface area (Å²) in [4.78, 5) is 44.7. The largest absolute Gasteiger partial charge is 0.326 e. The number of thioether (sulfide) groups is 1. The zero-order valence-corrected chi connectivity index (χ0v) is 17.0. The molecule has 1 aromatic carbocycles. The van der Waals surface area contributed by atoms with Crippen molar-refractivity contribution in [3.63, 3.8) is 0 Å². The number of aromatic nitrogens is 2. The first-order valence-corrected chi connectivity index (χ1v) is 10.3. The fourth-order valence-electron chi connectivity index (χ4n) is 3.00. The Bertz CT molecular complexity index is 970. The number of carbonyl (C=O) groups excluding carboxylic acids is 2. The van der Waals surface area contributed by atoms with Gasteiger partial charge < -0.3 is 15.6 Å². The van der Waals surface area contributed by atoms with Gasteiger partial charge in [-0.3, -0.25) is 14.4 Å². The van der Waals surface area contributed by atoms with Crippen LogP contribution in [0.5, 0.6) is 0 Å². The Balaban J connectivity index is 1.87. The molecule has 0 saturated carbocycles. The van der Waals surface area contributed by atoms with E-state index in [9.17, 15) is 14.4 Å². The molecule has 0 fully saturated rings. The van der Waals surface area contributed by atoms with E-state index in [1.165, 1.54) is 11.8 Å². The van der Waals surface area contributed by atoms with Crippen molar-refractivity contribution in [2.75, 3.05) is 16.4 Å². The third-order valence-electron chi connectivity index (χ3n) is 4.76. The molecule has 1 aliphatic heterocycles. The molecule has 1 aliphatic rings. The standard InChI is InChI=1S/C20H24N4O3S/c1-4-5-8-28-20-23-17-16(19(27)24-20)14(10-15(25)22-17)18(26)21-13-7-6-11(2)12(3)9-13/h6-7,9,14H,4-5,8,10H2,1-3H3,(H,21,26)(H2,22,23,24,25,27). The van der Waals surface area contributed by atoms with Crippen molar-refractivity contribution >= 4 is 35.1 Å². The quantitative estimate of drug-likeness (QED) is 0.392. The lowest BCUT2D eigenvalue weighted by atomic mass is 9.92. The molecule has 7 nitrogen and oxygen atoms in total. The van der Waals surface area contributed by atoms with Gasteiger partial charge in [-0.15, -0.1) is 0 Å². The maximum Gasteiger partial charge on any atom is 0.257 e. The summed E-state index contributed by atoms with van der Waals surface area (Å²) in [6.45, 7) is 6.03. The van der Waals surface area contributed by atoms with Crippen LogP contribution in [0.3, 0.4) is 0 Å². The van der Waals surface area contributed by atoms with Gasteiger partial charge in [0.1, 0.15) is 5.82 Å². The second-order valence-corrected chi connectivity index (χ2v) is 8.01. The number of hydrogen-bond acceptors (Lipinski definition) is 5. The number of unbranched alkanes of at least 4 members (excludes halogenated alkanes) is 1. The van der Waals surface area contributed by atoms with E-state index in [1.54, 1.807) is 6.07 Å². The molecular formula is C20H24N4O3S. The predicted molar refractivity (Wildman–Crippen MR) is 111 cm³/mol. The molecule has 0 bridgehead atoms. The van der Waals surface area contributed by atoms with Crippen LogP contribution in [0, 0.1) is 13.8 Å². The third kappa shape index (κ3) is 4.44. The smallest absolute Gasteiger partial charge is 0.257 e. The summed E-state index contributed by atoms with van der Waals surface area (Å²) in [7, 11) is 0. The van der Waals surface area contributed by atoms with E-state index in [2.05, 4.69) is 27.5 Å². The van der Waals surface area contributed by atoms with Gasteiger partial charge in [-0.1, -0.05) is 31.2 Å². The molecule has 1 unspecified atom stereocenters. The molecule has 0 spiro atoms. The lowest BCUT2D eigenvalue weighted by Gasteiger charge is -2.23. The average molecular weight is 401 g/mol. The first-order valence-electron chi connectivity index (χ1n) is 9.34. The van der Waals surface area contributed by atoms with Gasteiger partial charge in [0.05, 0.1) is 11.5 Å². The van der Waals surface area contributed by atoms with E-state index < -0.39 is 11.8 Å². The number of benzene rings is 1. The van der Waals surface area contributed by atoms with Gasteiger partial charge in [0, 0.05) is 17.9 Å². The predicted octanol–water partition coefficient (Wildman–Crippen LogP) is 3.34. The summed E-state index contributed by atoms with van der Waals surface area (Å²) in [5, 5.41) is 5.91. The number of H-pyrrole nitrogens is 1. The number of hydrogen-bond donors (Lipinski definition) is 3. The molecule has 2 heterocycles. The highest BCUT2D eigenvalue weighted by molar-refractivity contribution is 7.99. The van der Waals surface area contributed by atoms with Crippen molar-refractivity contribution in [1.82, 2.24) is 9.97 Å². The molecule has 2 aromatic rings. The molecule has 0 radical (unpaired) electrons. The Morgan fingerprint density at radius 2 is 2.07 bits per heavy atom. The van der Waals surface area contributed by atoms with E-state index in [4.69, 9.17) is 0 Å². The highest BCUT2D eigenvalue weighted by Crippen LogP contribution is 2.30. The highest BCUT2D eigenvalue weighted by Gasteiger charge is 2.34. The normalized spacial score (nSPS) is 15.7. The molecule has 2 amide bonds. The first kappa shape index (κ1) is 20.1. The number of anilines is 2. The fraction of sp³-hybridized carbons (Fsp3) is 0.400. The van der Waals surface area contributed by atoms with Crippen molar-refractivity contribution in [2.45, 2.75) is 51.1 Å². The van der Waals surface area contributed by atoms with Crippen LogP contribution in [-0.2, 0) is 9.59 Å². The van der Waals surface area contributed by atoms with Gasteiger partial charge in [0.2, 0.25) is 11.8 Å². The number of amides is 2. The SMILES string of the molecule is CCCCSc1nc2c(c(=O)[nH]1)C(C(=O)Nc1ccc(C)c(C)c1)CC(=O)N2. The monoisotopic (exact) mass is 400 g/mol.